The second-order valence-electron chi connectivity index (χ2n) is 6.79. The van der Waals surface area contributed by atoms with E-state index in [2.05, 4.69) is 15.3 Å². The first-order valence-corrected chi connectivity index (χ1v) is 10.2. The van der Waals surface area contributed by atoms with Crippen LogP contribution in [0.5, 0.6) is 0 Å². The van der Waals surface area contributed by atoms with Crippen molar-refractivity contribution in [1.82, 2.24) is 20.0 Å². The number of aromatic nitrogens is 4. The minimum Gasteiger partial charge on any atom is -0.301 e. The van der Waals surface area contributed by atoms with Crippen LogP contribution in [0.25, 0.3) is 5.69 Å². The number of benzene rings is 2. The van der Waals surface area contributed by atoms with Crippen LogP contribution in [0.3, 0.4) is 0 Å². The molecule has 0 saturated carbocycles. The van der Waals surface area contributed by atoms with Gasteiger partial charge in [-0.25, -0.2) is 14.1 Å². The zero-order valence-corrected chi connectivity index (χ0v) is 17.4. The Balaban J connectivity index is 1.70. The van der Waals surface area contributed by atoms with E-state index in [-0.39, 0.29) is 17.9 Å². The van der Waals surface area contributed by atoms with Gasteiger partial charge in [-0.1, -0.05) is 17.3 Å². The molecule has 0 aliphatic heterocycles. The second-order valence-corrected chi connectivity index (χ2v) is 7.85. The van der Waals surface area contributed by atoms with E-state index in [1.54, 1.807) is 5.38 Å². The van der Waals surface area contributed by atoms with E-state index in [4.69, 9.17) is 0 Å². The molecule has 11 heteroatoms. The zero-order valence-electron chi connectivity index (χ0n) is 16.5. The third kappa shape index (κ3) is 4.52. The van der Waals surface area contributed by atoms with Crippen molar-refractivity contribution in [2.45, 2.75) is 19.6 Å². The molecule has 6 nitrogen and oxygen atoms in total. The van der Waals surface area contributed by atoms with Crippen LogP contribution in [0.1, 0.15) is 26.8 Å². The Kier molecular flexibility index (Phi) is 5.74. The highest BCUT2D eigenvalue weighted by Gasteiger charge is 2.34. The number of thiazole rings is 1. The largest absolute Gasteiger partial charge is 0.418 e. The number of alkyl halides is 3. The van der Waals surface area contributed by atoms with E-state index in [0.717, 1.165) is 22.0 Å². The summed E-state index contributed by atoms with van der Waals surface area (Å²) in [6.07, 6.45) is -3.47. The lowest BCUT2D eigenvalue weighted by atomic mass is 10.1. The number of carbonyl (C=O) groups excluding carboxylic acids is 1. The average Bonchev–Trinajstić information content (AvgIpc) is 3.41. The molecule has 0 bridgehead atoms. The van der Waals surface area contributed by atoms with Crippen LogP contribution in [0.15, 0.2) is 60.1 Å². The molecule has 0 saturated heterocycles. The molecule has 2 heterocycles. The number of rotatable bonds is 5. The predicted molar refractivity (Wildman–Crippen MR) is 110 cm³/mol. The van der Waals surface area contributed by atoms with Crippen LogP contribution in [0.2, 0.25) is 0 Å². The molecule has 164 valence electrons. The number of amides is 1. The van der Waals surface area contributed by atoms with Gasteiger partial charge in [0, 0.05) is 11.1 Å². The summed E-state index contributed by atoms with van der Waals surface area (Å²) in [7, 11) is 0. The van der Waals surface area contributed by atoms with Gasteiger partial charge in [-0.05, 0) is 43.3 Å². The van der Waals surface area contributed by atoms with E-state index in [1.165, 1.54) is 58.7 Å². The summed E-state index contributed by atoms with van der Waals surface area (Å²) >= 11 is 1.41. The predicted octanol–water partition coefficient (Wildman–Crippen LogP) is 5.04. The van der Waals surface area contributed by atoms with E-state index in [0.29, 0.717) is 11.4 Å². The van der Waals surface area contributed by atoms with Crippen LogP contribution < -0.4 is 4.90 Å². The van der Waals surface area contributed by atoms with Crippen LogP contribution in [-0.2, 0) is 12.7 Å². The summed E-state index contributed by atoms with van der Waals surface area (Å²) < 4.78 is 54.4. The molecule has 0 spiro atoms. The first-order chi connectivity index (χ1) is 15.2. The Morgan fingerprint density at radius 1 is 1.12 bits per heavy atom. The van der Waals surface area contributed by atoms with Gasteiger partial charge in [-0.2, -0.15) is 13.2 Å². The lowest BCUT2D eigenvalue weighted by Crippen LogP contribution is -2.31. The Hall–Kier alpha value is -3.60. The number of nitrogens with zero attached hydrogens (tertiary/aromatic N) is 5. The Bertz CT molecular complexity index is 1250. The first-order valence-electron chi connectivity index (χ1n) is 9.30. The van der Waals surface area contributed by atoms with Gasteiger partial charge in [-0.3, -0.25) is 4.79 Å². The Morgan fingerprint density at radius 3 is 2.50 bits per heavy atom. The third-order valence-electron chi connectivity index (χ3n) is 4.54. The number of hydrogen-bond acceptors (Lipinski definition) is 5. The molecule has 4 aromatic rings. The van der Waals surface area contributed by atoms with Gasteiger partial charge in [-0.15, -0.1) is 16.4 Å². The van der Waals surface area contributed by atoms with E-state index < -0.39 is 23.5 Å². The average molecular weight is 461 g/mol. The molecule has 1 amide bonds. The molecule has 4 rings (SSSR count). The molecule has 2 aromatic carbocycles. The molecule has 0 radical (unpaired) electrons. The molecule has 0 aliphatic rings. The molecule has 0 unspecified atom stereocenters. The third-order valence-corrected chi connectivity index (χ3v) is 5.36. The van der Waals surface area contributed by atoms with Crippen LogP contribution >= 0.6 is 11.3 Å². The van der Waals surface area contributed by atoms with Crippen molar-refractivity contribution >= 4 is 22.9 Å². The molecular weight excluding hydrogens is 446 g/mol. The van der Waals surface area contributed by atoms with Crippen molar-refractivity contribution < 1.29 is 22.4 Å². The second kappa shape index (κ2) is 8.50. The number of hydrogen-bond donors (Lipinski definition) is 0. The maximum absolute atomic E-state index is 13.4. The fourth-order valence-corrected chi connectivity index (χ4v) is 3.68. The summed E-state index contributed by atoms with van der Waals surface area (Å²) in [4.78, 5) is 18.9. The van der Waals surface area contributed by atoms with Gasteiger partial charge in [0.15, 0.2) is 5.69 Å². The van der Waals surface area contributed by atoms with E-state index in [1.807, 2.05) is 6.92 Å². The topological polar surface area (TPSA) is 63.9 Å². The Labute approximate surface area is 183 Å². The van der Waals surface area contributed by atoms with Gasteiger partial charge in [0.2, 0.25) is 0 Å². The molecule has 2 aromatic heterocycles. The van der Waals surface area contributed by atoms with E-state index >= 15 is 0 Å². The molecule has 0 aliphatic carbocycles. The SMILES string of the molecule is Cc1nc(CN(C(=O)c2cn(-c3ccccc3C(F)(F)F)nn2)c2ccc(F)cc2)cs1. The zero-order chi connectivity index (χ0) is 22.9. The summed E-state index contributed by atoms with van der Waals surface area (Å²) in [5.41, 5.74) is -0.335. The standard InChI is InChI=1S/C21H15F4N5OS/c1-13-26-15(12-32-13)10-29(16-8-6-14(22)7-9-16)20(31)18-11-30(28-27-18)19-5-3-2-4-17(19)21(23,24)25/h2-9,11-12H,10H2,1H3. The lowest BCUT2D eigenvalue weighted by Gasteiger charge is -2.21. The van der Waals surface area contributed by atoms with Crippen molar-refractivity contribution in [2.75, 3.05) is 4.90 Å². The number of carbonyl (C=O) groups is 1. The first kappa shape index (κ1) is 21.6. The fraction of sp³-hybridized carbons (Fsp3) is 0.143. The minimum atomic E-state index is -4.60. The highest BCUT2D eigenvalue weighted by Crippen LogP contribution is 2.33. The summed E-state index contributed by atoms with van der Waals surface area (Å²) in [6.45, 7) is 1.89. The van der Waals surface area contributed by atoms with Crippen LogP contribution in [0, 0.1) is 12.7 Å². The summed E-state index contributed by atoms with van der Waals surface area (Å²) in [6, 6.07) is 10.1. The monoisotopic (exact) mass is 461 g/mol. The fourth-order valence-electron chi connectivity index (χ4n) is 3.08. The molecule has 32 heavy (non-hydrogen) atoms. The van der Waals surface area contributed by atoms with Crippen molar-refractivity contribution in [3.8, 4) is 5.69 Å². The van der Waals surface area contributed by atoms with Crippen LogP contribution in [0.4, 0.5) is 23.2 Å². The normalized spacial score (nSPS) is 11.5. The van der Waals surface area contributed by atoms with Crippen molar-refractivity contribution in [1.29, 1.82) is 0 Å². The lowest BCUT2D eigenvalue weighted by molar-refractivity contribution is -0.137. The minimum absolute atomic E-state index is 0.0702. The number of anilines is 1. The quantitative estimate of drug-likeness (QED) is 0.391. The highest BCUT2D eigenvalue weighted by atomic mass is 32.1. The Morgan fingerprint density at radius 2 is 1.84 bits per heavy atom. The number of halogens is 4. The summed E-state index contributed by atoms with van der Waals surface area (Å²) in [5, 5.41) is 10.1. The van der Waals surface area contributed by atoms with Crippen LogP contribution in [-0.4, -0.2) is 25.9 Å². The molecular formula is C21H15F4N5OS. The molecule has 0 atom stereocenters. The van der Waals surface area contributed by atoms with Gasteiger partial charge in [0.05, 0.1) is 34.7 Å². The maximum atomic E-state index is 13.4. The molecule has 0 N–H and O–H groups in total. The van der Waals surface area contributed by atoms with Crippen molar-refractivity contribution in [2.24, 2.45) is 0 Å². The molecule has 0 fully saturated rings. The maximum Gasteiger partial charge on any atom is 0.418 e. The van der Waals surface area contributed by atoms with Gasteiger partial charge < -0.3 is 4.90 Å². The van der Waals surface area contributed by atoms with Crippen molar-refractivity contribution in [3.63, 3.8) is 0 Å². The van der Waals surface area contributed by atoms with Crippen molar-refractivity contribution in [3.05, 3.63) is 87.9 Å². The number of para-hydroxylation sites is 1. The van der Waals surface area contributed by atoms with Gasteiger partial charge in [0.1, 0.15) is 5.82 Å². The summed E-state index contributed by atoms with van der Waals surface area (Å²) in [5.74, 6) is -1.08. The number of aryl methyl sites for hydroxylation is 1. The van der Waals surface area contributed by atoms with E-state index in [9.17, 15) is 22.4 Å². The smallest absolute Gasteiger partial charge is 0.301 e. The van der Waals surface area contributed by atoms with Gasteiger partial charge >= 0.3 is 6.18 Å². The van der Waals surface area contributed by atoms with Gasteiger partial charge in [0.25, 0.3) is 5.91 Å². The highest BCUT2D eigenvalue weighted by molar-refractivity contribution is 7.09.